The largest absolute Gasteiger partial charge is 0.350 e. The van der Waals surface area contributed by atoms with Gasteiger partial charge in [-0.3, -0.25) is 4.79 Å². The summed E-state index contributed by atoms with van der Waals surface area (Å²) in [6.45, 7) is 1.24. The number of carbonyl (C=O) groups is 1. The van der Waals surface area contributed by atoms with Crippen LogP contribution < -0.4 is 5.32 Å². The number of halogens is 1. The van der Waals surface area contributed by atoms with Crippen molar-refractivity contribution >= 4 is 5.91 Å². The van der Waals surface area contributed by atoms with Crippen LogP contribution in [0.3, 0.4) is 0 Å². The maximum atomic E-state index is 13.1. The SMILES string of the molecule is O=C(NCC1(c2ccc(F)cc2)CC1)c1cccn1Cc1ccccc1. The topological polar surface area (TPSA) is 34.0 Å². The van der Waals surface area contributed by atoms with Crippen LogP contribution in [0.25, 0.3) is 0 Å². The molecule has 1 aliphatic carbocycles. The Labute approximate surface area is 152 Å². The van der Waals surface area contributed by atoms with Gasteiger partial charge in [0, 0.05) is 24.7 Å². The van der Waals surface area contributed by atoms with Gasteiger partial charge in [-0.15, -0.1) is 0 Å². The van der Waals surface area contributed by atoms with Crippen molar-refractivity contribution in [2.45, 2.75) is 24.8 Å². The van der Waals surface area contributed by atoms with Gasteiger partial charge in [0.25, 0.3) is 5.91 Å². The minimum Gasteiger partial charge on any atom is -0.350 e. The summed E-state index contributed by atoms with van der Waals surface area (Å²) in [7, 11) is 0. The van der Waals surface area contributed by atoms with E-state index in [0.717, 1.165) is 24.0 Å². The zero-order valence-corrected chi connectivity index (χ0v) is 14.5. The molecule has 2 aromatic carbocycles. The molecule has 1 heterocycles. The van der Waals surface area contributed by atoms with Crippen molar-refractivity contribution in [3.63, 3.8) is 0 Å². The van der Waals surface area contributed by atoms with E-state index in [1.807, 2.05) is 53.2 Å². The summed E-state index contributed by atoms with van der Waals surface area (Å²) in [4.78, 5) is 12.7. The third kappa shape index (κ3) is 3.40. The third-order valence-electron chi connectivity index (χ3n) is 5.16. The van der Waals surface area contributed by atoms with Crippen molar-refractivity contribution in [1.82, 2.24) is 9.88 Å². The summed E-state index contributed by atoms with van der Waals surface area (Å²) in [5, 5.41) is 3.07. The van der Waals surface area contributed by atoms with Crippen LogP contribution in [0.5, 0.6) is 0 Å². The van der Waals surface area contributed by atoms with Gasteiger partial charge < -0.3 is 9.88 Å². The lowest BCUT2D eigenvalue weighted by Crippen LogP contribution is -2.33. The van der Waals surface area contributed by atoms with Gasteiger partial charge in [-0.2, -0.15) is 0 Å². The van der Waals surface area contributed by atoms with E-state index in [2.05, 4.69) is 17.4 Å². The van der Waals surface area contributed by atoms with Crippen LogP contribution in [0.2, 0.25) is 0 Å². The van der Waals surface area contributed by atoms with Gasteiger partial charge >= 0.3 is 0 Å². The highest BCUT2D eigenvalue weighted by atomic mass is 19.1. The van der Waals surface area contributed by atoms with E-state index in [9.17, 15) is 9.18 Å². The van der Waals surface area contributed by atoms with Gasteiger partial charge in [0.1, 0.15) is 11.5 Å². The molecule has 1 fully saturated rings. The van der Waals surface area contributed by atoms with Gasteiger partial charge in [-0.05, 0) is 48.2 Å². The molecule has 0 bridgehead atoms. The van der Waals surface area contributed by atoms with E-state index in [4.69, 9.17) is 0 Å². The molecule has 1 aromatic heterocycles. The van der Waals surface area contributed by atoms with Crippen molar-refractivity contribution < 1.29 is 9.18 Å². The molecule has 0 atom stereocenters. The molecule has 4 heteroatoms. The van der Waals surface area contributed by atoms with Crippen LogP contribution in [-0.2, 0) is 12.0 Å². The predicted octanol–water partition coefficient (Wildman–Crippen LogP) is 4.14. The fourth-order valence-electron chi connectivity index (χ4n) is 3.40. The molecule has 0 saturated heterocycles. The first kappa shape index (κ1) is 16.6. The number of carbonyl (C=O) groups excluding carboxylic acids is 1. The van der Waals surface area contributed by atoms with Gasteiger partial charge in [-0.1, -0.05) is 42.5 Å². The molecule has 26 heavy (non-hydrogen) atoms. The highest BCUT2D eigenvalue weighted by Crippen LogP contribution is 2.47. The van der Waals surface area contributed by atoms with Crippen molar-refractivity contribution in [2.24, 2.45) is 0 Å². The molecule has 1 saturated carbocycles. The Morgan fingerprint density at radius 3 is 2.42 bits per heavy atom. The molecule has 1 aliphatic rings. The molecule has 0 radical (unpaired) electrons. The molecule has 3 nitrogen and oxygen atoms in total. The Balaban J connectivity index is 1.43. The van der Waals surface area contributed by atoms with E-state index in [-0.39, 0.29) is 17.1 Å². The number of hydrogen-bond acceptors (Lipinski definition) is 1. The highest BCUT2D eigenvalue weighted by molar-refractivity contribution is 5.92. The fraction of sp³-hybridized carbons (Fsp3) is 0.227. The second-order valence-corrected chi connectivity index (χ2v) is 6.98. The number of nitrogens with one attached hydrogen (secondary N) is 1. The second kappa shape index (κ2) is 6.79. The van der Waals surface area contributed by atoms with Crippen LogP contribution in [-0.4, -0.2) is 17.0 Å². The Morgan fingerprint density at radius 1 is 1.00 bits per heavy atom. The highest BCUT2D eigenvalue weighted by Gasteiger charge is 2.44. The number of nitrogens with zero attached hydrogens (tertiary/aromatic N) is 1. The van der Waals surface area contributed by atoms with Crippen LogP contribution in [0.1, 0.15) is 34.5 Å². The molecule has 1 amide bonds. The van der Waals surface area contributed by atoms with Gasteiger partial charge in [-0.25, -0.2) is 4.39 Å². The first-order chi connectivity index (χ1) is 12.7. The molecular formula is C22H21FN2O. The van der Waals surface area contributed by atoms with Crippen LogP contribution >= 0.6 is 0 Å². The quantitative estimate of drug-likeness (QED) is 0.714. The Bertz CT molecular complexity index is 895. The van der Waals surface area contributed by atoms with Crippen molar-refractivity contribution in [3.05, 3.63) is 95.6 Å². The Morgan fingerprint density at radius 2 is 1.73 bits per heavy atom. The minimum atomic E-state index is -0.229. The average Bonchev–Trinajstić information content (AvgIpc) is 3.32. The zero-order valence-electron chi connectivity index (χ0n) is 14.5. The van der Waals surface area contributed by atoms with Crippen molar-refractivity contribution in [3.8, 4) is 0 Å². The maximum Gasteiger partial charge on any atom is 0.267 e. The molecule has 0 aliphatic heterocycles. The fourth-order valence-corrected chi connectivity index (χ4v) is 3.40. The summed E-state index contributed by atoms with van der Waals surface area (Å²) in [5.41, 5.74) is 2.87. The van der Waals surface area contributed by atoms with Crippen molar-refractivity contribution in [1.29, 1.82) is 0 Å². The maximum absolute atomic E-state index is 13.1. The number of hydrogen-bond donors (Lipinski definition) is 1. The molecular weight excluding hydrogens is 327 g/mol. The van der Waals surface area contributed by atoms with Gasteiger partial charge in [0.05, 0.1) is 0 Å². The Kier molecular flexibility index (Phi) is 4.33. The number of aromatic nitrogens is 1. The second-order valence-electron chi connectivity index (χ2n) is 6.98. The minimum absolute atomic E-state index is 0.0415. The Hall–Kier alpha value is -2.88. The smallest absolute Gasteiger partial charge is 0.267 e. The van der Waals surface area contributed by atoms with Gasteiger partial charge in [0.15, 0.2) is 0 Å². The average molecular weight is 348 g/mol. The van der Waals surface area contributed by atoms with Crippen LogP contribution in [0.15, 0.2) is 72.9 Å². The van der Waals surface area contributed by atoms with Crippen LogP contribution in [0.4, 0.5) is 4.39 Å². The lowest BCUT2D eigenvalue weighted by molar-refractivity contribution is 0.0941. The summed E-state index contributed by atoms with van der Waals surface area (Å²) < 4.78 is 15.1. The van der Waals surface area contributed by atoms with E-state index in [1.54, 1.807) is 0 Å². The summed E-state index contributed by atoms with van der Waals surface area (Å²) in [6, 6.07) is 20.4. The van der Waals surface area contributed by atoms with E-state index >= 15 is 0 Å². The van der Waals surface area contributed by atoms with Crippen LogP contribution in [0, 0.1) is 5.82 Å². The first-order valence-electron chi connectivity index (χ1n) is 8.90. The van der Waals surface area contributed by atoms with E-state index in [0.29, 0.717) is 18.8 Å². The lowest BCUT2D eigenvalue weighted by atomic mass is 9.96. The number of benzene rings is 2. The standard InChI is InChI=1S/C22H21FN2O/c23-19-10-8-18(9-11-19)22(12-13-22)16-24-21(26)20-7-4-14-25(20)15-17-5-2-1-3-6-17/h1-11,14H,12-13,15-16H2,(H,24,26). The zero-order chi connectivity index (χ0) is 18.0. The molecule has 4 rings (SSSR count). The summed E-state index contributed by atoms with van der Waals surface area (Å²) in [6.07, 6.45) is 3.96. The third-order valence-corrected chi connectivity index (χ3v) is 5.16. The number of amides is 1. The lowest BCUT2D eigenvalue weighted by Gasteiger charge is -2.17. The molecule has 3 aromatic rings. The number of rotatable bonds is 6. The monoisotopic (exact) mass is 348 g/mol. The molecule has 0 unspecified atom stereocenters. The normalized spacial score (nSPS) is 14.8. The van der Waals surface area contributed by atoms with Gasteiger partial charge in [0.2, 0.25) is 0 Å². The molecule has 0 spiro atoms. The predicted molar refractivity (Wildman–Crippen MR) is 99.6 cm³/mol. The van der Waals surface area contributed by atoms with Crippen molar-refractivity contribution in [2.75, 3.05) is 6.54 Å². The summed E-state index contributed by atoms with van der Waals surface area (Å²) >= 11 is 0. The molecule has 132 valence electrons. The summed E-state index contributed by atoms with van der Waals surface area (Å²) in [5.74, 6) is -0.299. The molecule has 1 N–H and O–H groups in total. The first-order valence-corrected chi connectivity index (χ1v) is 8.90. The van der Waals surface area contributed by atoms with E-state index < -0.39 is 0 Å². The van der Waals surface area contributed by atoms with E-state index in [1.165, 1.54) is 12.1 Å².